The molecule has 0 amide bonds. The highest BCUT2D eigenvalue weighted by Gasteiger charge is 2.39. The summed E-state index contributed by atoms with van der Waals surface area (Å²) in [5.41, 5.74) is 0.389. The summed E-state index contributed by atoms with van der Waals surface area (Å²) in [6.07, 6.45) is 0. The van der Waals surface area contributed by atoms with Crippen LogP contribution >= 0.6 is 19.2 Å². The van der Waals surface area contributed by atoms with Gasteiger partial charge in [-0.3, -0.25) is 0 Å². The van der Waals surface area contributed by atoms with Crippen LogP contribution in [0, 0.1) is 0 Å². The van der Waals surface area contributed by atoms with Crippen LogP contribution in [-0.2, 0) is 4.57 Å². The minimum Gasteiger partial charge on any atom is -0.414 e. The first-order valence-electron chi connectivity index (χ1n) is 7.59. The molecule has 0 radical (unpaired) electrons. The first-order valence-corrected chi connectivity index (χ1v) is 9.58. The Hall–Kier alpha value is -2.26. The SMILES string of the molecule is O=P(Oc1ccccc1)(Oc1ccccc1)[C@H](O)c1ccc(Cl)cc1. The summed E-state index contributed by atoms with van der Waals surface area (Å²) in [6, 6.07) is 23.6. The largest absolute Gasteiger partial charge is 0.463 e. The molecular formula is C19H16ClO4P. The average molecular weight is 375 g/mol. The maximum atomic E-state index is 13.4. The molecule has 3 aromatic carbocycles. The normalized spacial score (nSPS) is 12.4. The summed E-state index contributed by atoms with van der Waals surface area (Å²) in [5, 5.41) is 11.2. The van der Waals surface area contributed by atoms with Crippen LogP contribution in [0.15, 0.2) is 84.9 Å². The van der Waals surface area contributed by atoms with Gasteiger partial charge in [0.15, 0.2) is 0 Å². The molecule has 1 N–H and O–H groups in total. The van der Waals surface area contributed by atoms with Gasteiger partial charge in [0.1, 0.15) is 11.5 Å². The van der Waals surface area contributed by atoms with E-state index in [1.807, 2.05) is 12.1 Å². The zero-order chi connectivity index (χ0) is 17.7. The molecule has 0 fully saturated rings. The first kappa shape index (κ1) is 17.6. The lowest BCUT2D eigenvalue weighted by Crippen LogP contribution is -2.10. The third kappa shape index (κ3) is 4.43. The molecule has 25 heavy (non-hydrogen) atoms. The Bertz CT molecular complexity index is 808. The lowest BCUT2D eigenvalue weighted by atomic mass is 10.2. The highest BCUT2D eigenvalue weighted by Crippen LogP contribution is 2.58. The number of benzene rings is 3. The van der Waals surface area contributed by atoms with Crippen molar-refractivity contribution in [1.82, 2.24) is 0 Å². The van der Waals surface area contributed by atoms with Crippen molar-refractivity contribution in [2.75, 3.05) is 0 Å². The Labute approximate surface area is 151 Å². The van der Waals surface area contributed by atoms with E-state index in [4.69, 9.17) is 20.6 Å². The highest BCUT2D eigenvalue weighted by atomic mass is 35.5. The molecule has 0 saturated carbocycles. The third-order valence-corrected chi connectivity index (χ3v) is 5.50. The van der Waals surface area contributed by atoms with Crippen molar-refractivity contribution in [1.29, 1.82) is 0 Å². The van der Waals surface area contributed by atoms with E-state index in [1.54, 1.807) is 72.8 Å². The summed E-state index contributed by atoms with van der Waals surface area (Å²) in [5.74, 6) is -0.783. The Kier molecular flexibility index (Phi) is 5.44. The van der Waals surface area contributed by atoms with Gasteiger partial charge in [-0.25, -0.2) is 4.57 Å². The van der Waals surface area contributed by atoms with E-state index in [-0.39, 0.29) is 0 Å². The fourth-order valence-electron chi connectivity index (χ4n) is 2.19. The monoisotopic (exact) mass is 374 g/mol. The number of halogens is 1. The fraction of sp³-hybridized carbons (Fsp3) is 0.0526. The molecule has 0 spiro atoms. The summed E-state index contributed by atoms with van der Waals surface area (Å²) < 4.78 is 24.6. The second-order valence-electron chi connectivity index (χ2n) is 5.27. The summed E-state index contributed by atoms with van der Waals surface area (Å²) >= 11 is 5.88. The van der Waals surface area contributed by atoms with E-state index in [0.29, 0.717) is 22.1 Å². The van der Waals surface area contributed by atoms with E-state index in [1.165, 1.54) is 0 Å². The van der Waals surface area contributed by atoms with Gasteiger partial charge < -0.3 is 14.2 Å². The molecule has 0 heterocycles. The minimum atomic E-state index is -3.98. The van der Waals surface area contributed by atoms with Crippen LogP contribution in [0.25, 0.3) is 0 Å². The molecule has 0 bridgehead atoms. The topological polar surface area (TPSA) is 55.8 Å². The number of aliphatic hydroxyl groups excluding tert-OH is 1. The van der Waals surface area contributed by atoms with Gasteiger partial charge in [-0.05, 0) is 42.0 Å². The Morgan fingerprint density at radius 1 is 0.760 bits per heavy atom. The molecule has 0 unspecified atom stereocenters. The van der Waals surface area contributed by atoms with Gasteiger partial charge in [-0.2, -0.15) is 0 Å². The Balaban J connectivity index is 1.95. The minimum absolute atomic E-state index is 0.342. The maximum Gasteiger partial charge on any atom is 0.463 e. The lowest BCUT2D eigenvalue weighted by Gasteiger charge is -2.24. The lowest BCUT2D eigenvalue weighted by molar-refractivity contribution is 0.212. The number of hydrogen-bond acceptors (Lipinski definition) is 4. The summed E-state index contributed by atoms with van der Waals surface area (Å²) in [7, 11) is -3.98. The molecule has 0 aliphatic carbocycles. The molecule has 128 valence electrons. The number of aliphatic hydroxyl groups is 1. The second-order valence-corrected chi connectivity index (χ2v) is 7.64. The Morgan fingerprint density at radius 2 is 1.20 bits per heavy atom. The van der Waals surface area contributed by atoms with Gasteiger partial charge in [0.25, 0.3) is 0 Å². The van der Waals surface area contributed by atoms with Gasteiger partial charge in [0, 0.05) is 5.02 Å². The van der Waals surface area contributed by atoms with Crippen molar-refractivity contribution in [2.45, 2.75) is 5.85 Å². The molecule has 0 aliphatic heterocycles. The Morgan fingerprint density at radius 3 is 1.64 bits per heavy atom. The molecule has 1 atom stereocenters. The molecule has 0 aliphatic rings. The standard InChI is InChI=1S/C19H16ClO4P/c20-16-13-11-15(12-14-16)19(21)25(22,23-17-7-3-1-4-8-17)24-18-9-5-2-6-10-18/h1-14,19,21H/t19-/m0/s1. The van der Waals surface area contributed by atoms with Crippen LogP contribution in [0.1, 0.15) is 11.4 Å². The van der Waals surface area contributed by atoms with E-state index < -0.39 is 13.4 Å². The molecule has 3 aromatic rings. The zero-order valence-corrected chi connectivity index (χ0v) is 14.8. The highest BCUT2D eigenvalue weighted by molar-refractivity contribution is 7.54. The van der Waals surface area contributed by atoms with Gasteiger partial charge in [0.2, 0.25) is 5.85 Å². The summed E-state index contributed by atoms with van der Waals surface area (Å²) in [6.45, 7) is 0. The van der Waals surface area contributed by atoms with Gasteiger partial charge in [-0.1, -0.05) is 60.1 Å². The van der Waals surface area contributed by atoms with Crippen LogP contribution in [0.3, 0.4) is 0 Å². The van der Waals surface area contributed by atoms with E-state index in [0.717, 1.165) is 0 Å². The zero-order valence-electron chi connectivity index (χ0n) is 13.2. The van der Waals surface area contributed by atoms with Crippen LogP contribution in [0.4, 0.5) is 0 Å². The molecule has 3 rings (SSSR count). The average Bonchev–Trinajstić information content (AvgIpc) is 2.63. The van der Waals surface area contributed by atoms with Crippen molar-refractivity contribution in [3.8, 4) is 11.5 Å². The first-order chi connectivity index (χ1) is 12.1. The molecule has 4 nitrogen and oxygen atoms in total. The van der Waals surface area contributed by atoms with Crippen molar-refractivity contribution in [3.63, 3.8) is 0 Å². The van der Waals surface area contributed by atoms with Crippen LogP contribution in [0.5, 0.6) is 11.5 Å². The van der Waals surface area contributed by atoms with E-state index in [2.05, 4.69) is 0 Å². The van der Waals surface area contributed by atoms with E-state index >= 15 is 0 Å². The quantitative estimate of drug-likeness (QED) is 0.564. The van der Waals surface area contributed by atoms with E-state index in [9.17, 15) is 9.67 Å². The van der Waals surface area contributed by atoms with Crippen molar-refractivity contribution in [3.05, 3.63) is 95.5 Å². The number of para-hydroxylation sites is 2. The molecular weight excluding hydrogens is 359 g/mol. The van der Waals surface area contributed by atoms with Crippen LogP contribution in [0.2, 0.25) is 5.02 Å². The van der Waals surface area contributed by atoms with Crippen LogP contribution < -0.4 is 9.05 Å². The third-order valence-electron chi connectivity index (χ3n) is 3.42. The van der Waals surface area contributed by atoms with Crippen molar-refractivity contribution < 1.29 is 18.7 Å². The predicted octanol–water partition coefficient (Wildman–Crippen LogP) is 5.68. The number of hydrogen-bond donors (Lipinski definition) is 1. The predicted molar refractivity (Wildman–Crippen MR) is 98.2 cm³/mol. The second kappa shape index (κ2) is 7.75. The van der Waals surface area contributed by atoms with Gasteiger partial charge in [0.05, 0.1) is 0 Å². The molecule has 0 aromatic heterocycles. The number of rotatable bonds is 6. The summed E-state index contributed by atoms with van der Waals surface area (Å²) in [4.78, 5) is 0. The molecule has 6 heteroatoms. The smallest absolute Gasteiger partial charge is 0.414 e. The molecule has 0 saturated heterocycles. The fourth-order valence-corrected chi connectivity index (χ4v) is 3.92. The van der Waals surface area contributed by atoms with Crippen LogP contribution in [-0.4, -0.2) is 5.11 Å². The van der Waals surface area contributed by atoms with Crippen molar-refractivity contribution in [2.24, 2.45) is 0 Å². The van der Waals surface area contributed by atoms with Crippen molar-refractivity contribution >= 4 is 19.2 Å². The maximum absolute atomic E-state index is 13.4. The van der Waals surface area contributed by atoms with Gasteiger partial charge in [-0.15, -0.1) is 0 Å². The van der Waals surface area contributed by atoms with Gasteiger partial charge >= 0.3 is 7.60 Å².